The van der Waals surface area contributed by atoms with Crippen molar-refractivity contribution in [1.82, 2.24) is 5.23 Å². The summed E-state index contributed by atoms with van der Waals surface area (Å²) in [5, 5.41) is 3.33. The molecule has 2 aromatic carbocycles. The first-order chi connectivity index (χ1) is 7.42. The summed E-state index contributed by atoms with van der Waals surface area (Å²) in [6, 6.07) is 21.0. The zero-order valence-corrected chi connectivity index (χ0v) is 8.85. The maximum atomic E-state index is 3.33. The molecular weight excluding hydrogens is 181 g/mol. The molecule has 0 spiro atoms. The van der Waals surface area contributed by atoms with Crippen LogP contribution in [0.4, 0.5) is 0 Å². The third kappa shape index (κ3) is 2.28. The minimum Gasteiger partial charge on any atom is -0.351 e. The standard InChI is InChI=1S/C13H14BN/c1-15-14(12-8-4-2-5-9-12)13-10-6-3-7-11-13/h2-11,15H,1H3. The Labute approximate surface area is 91.2 Å². The molecule has 15 heavy (non-hydrogen) atoms. The molecule has 0 aromatic heterocycles. The summed E-state index contributed by atoms with van der Waals surface area (Å²) in [5.74, 6) is 0. The summed E-state index contributed by atoms with van der Waals surface area (Å²) in [6.45, 7) is 0.285. The average molecular weight is 195 g/mol. The van der Waals surface area contributed by atoms with E-state index in [0.717, 1.165) is 0 Å². The van der Waals surface area contributed by atoms with E-state index in [1.165, 1.54) is 10.9 Å². The van der Waals surface area contributed by atoms with Gasteiger partial charge in [0.2, 0.25) is 0 Å². The van der Waals surface area contributed by atoms with Crippen molar-refractivity contribution in [2.24, 2.45) is 0 Å². The predicted octanol–water partition coefficient (Wildman–Crippen LogP) is 1.01. The molecule has 0 heterocycles. The van der Waals surface area contributed by atoms with Crippen molar-refractivity contribution in [1.29, 1.82) is 0 Å². The van der Waals surface area contributed by atoms with E-state index in [1.807, 2.05) is 19.2 Å². The summed E-state index contributed by atoms with van der Waals surface area (Å²) in [5.41, 5.74) is 2.59. The van der Waals surface area contributed by atoms with Crippen LogP contribution in [0.5, 0.6) is 0 Å². The molecule has 0 unspecified atom stereocenters. The van der Waals surface area contributed by atoms with Crippen LogP contribution in [0.15, 0.2) is 60.7 Å². The van der Waals surface area contributed by atoms with Crippen LogP contribution in [0.2, 0.25) is 0 Å². The van der Waals surface area contributed by atoms with Crippen molar-refractivity contribution >= 4 is 17.8 Å². The number of hydrogen-bond acceptors (Lipinski definition) is 1. The van der Waals surface area contributed by atoms with Crippen molar-refractivity contribution in [3.05, 3.63) is 60.7 Å². The van der Waals surface area contributed by atoms with Crippen LogP contribution in [0, 0.1) is 0 Å². The molecule has 74 valence electrons. The first-order valence-electron chi connectivity index (χ1n) is 5.19. The van der Waals surface area contributed by atoms with Crippen molar-refractivity contribution in [3.63, 3.8) is 0 Å². The number of nitrogens with one attached hydrogen (secondary N) is 1. The summed E-state index contributed by atoms with van der Waals surface area (Å²) >= 11 is 0. The Balaban J connectivity index is 2.34. The predicted molar refractivity (Wildman–Crippen MR) is 67.0 cm³/mol. The summed E-state index contributed by atoms with van der Waals surface area (Å²) in [7, 11) is 1.99. The van der Waals surface area contributed by atoms with Gasteiger partial charge in [-0.1, -0.05) is 71.6 Å². The molecule has 0 aliphatic heterocycles. The van der Waals surface area contributed by atoms with E-state index in [2.05, 4.69) is 53.8 Å². The van der Waals surface area contributed by atoms with E-state index in [4.69, 9.17) is 0 Å². The highest BCUT2D eigenvalue weighted by atomic mass is 14.7. The van der Waals surface area contributed by atoms with E-state index in [9.17, 15) is 0 Å². The van der Waals surface area contributed by atoms with Crippen molar-refractivity contribution in [3.8, 4) is 0 Å². The van der Waals surface area contributed by atoms with Gasteiger partial charge in [-0.25, -0.2) is 0 Å². The van der Waals surface area contributed by atoms with Gasteiger partial charge in [0.1, 0.15) is 0 Å². The first kappa shape index (κ1) is 10.00. The quantitative estimate of drug-likeness (QED) is 0.720. The lowest BCUT2D eigenvalue weighted by atomic mass is 9.51. The summed E-state index contributed by atoms with van der Waals surface area (Å²) < 4.78 is 0. The van der Waals surface area contributed by atoms with Crippen molar-refractivity contribution in [2.75, 3.05) is 7.05 Å². The van der Waals surface area contributed by atoms with Crippen LogP contribution in [0.3, 0.4) is 0 Å². The van der Waals surface area contributed by atoms with Gasteiger partial charge in [-0.3, -0.25) is 0 Å². The van der Waals surface area contributed by atoms with Gasteiger partial charge in [-0.05, 0) is 7.05 Å². The van der Waals surface area contributed by atoms with Crippen LogP contribution < -0.4 is 16.2 Å². The van der Waals surface area contributed by atoms with E-state index in [-0.39, 0.29) is 6.85 Å². The second-order valence-electron chi connectivity index (χ2n) is 3.54. The van der Waals surface area contributed by atoms with Crippen LogP contribution in [0.25, 0.3) is 0 Å². The molecule has 0 saturated carbocycles. The first-order valence-corrected chi connectivity index (χ1v) is 5.19. The molecule has 1 N–H and O–H groups in total. The highest BCUT2D eigenvalue weighted by Crippen LogP contribution is 1.89. The third-order valence-electron chi connectivity index (χ3n) is 2.55. The van der Waals surface area contributed by atoms with Crippen molar-refractivity contribution < 1.29 is 0 Å². The highest BCUT2D eigenvalue weighted by molar-refractivity contribution is 6.83. The molecule has 0 aliphatic rings. The molecule has 0 bridgehead atoms. The fraction of sp³-hybridized carbons (Fsp3) is 0.0769. The molecule has 2 aromatic rings. The largest absolute Gasteiger partial charge is 0.351 e. The zero-order chi connectivity index (χ0) is 10.5. The molecule has 0 fully saturated rings. The fourth-order valence-electron chi connectivity index (χ4n) is 1.82. The van der Waals surface area contributed by atoms with E-state index in [1.54, 1.807) is 0 Å². The number of rotatable bonds is 3. The maximum Gasteiger partial charge on any atom is 0.289 e. The van der Waals surface area contributed by atoms with Crippen LogP contribution in [-0.4, -0.2) is 13.9 Å². The Morgan fingerprint density at radius 1 is 0.733 bits per heavy atom. The molecular formula is C13H14BN. The van der Waals surface area contributed by atoms with Gasteiger partial charge in [0.25, 0.3) is 6.85 Å². The van der Waals surface area contributed by atoms with E-state index in [0.29, 0.717) is 0 Å². The van der Waals surface area contributed by atoms with Gasteiger partial charge in [0, 0.05) is 0 Å². The average Bonchev–Trinajstić information content (AvgIpc) is 2.33. The monoisotopic (exact) mass is 195 g/mol. The third-order valence-corrected chi connectivity index (χ3v) is 2.55. The molecule has 0 amide bonds. The fourth-order valence-corrected chi connectivity index (χ4v) is 1.82. The lowest BCUT2D eigenvalue weighted by Gasteiger charge is -2.12. The van der Waals surface area contributed by atoms with E-state index >= 15 is 0 Å². The lowest BCUT2D eigenvalue weighted by Crippen LogP contribution is -2.52. The van der Waals surface area contributed by atoms with Crippen LogP contribution in [0.1, 0.15) is 0 Å². The molecule has 2 rings (SSSR count). The minimum atomic E-state index is 0.285. The van der Waals surface area contributed by atoms with Crippen LogP contribution >= 0.6 is 0 Å². The van der Waals surface area contributed by atoms with Gasteiger partial charge >= 0.3 is 0 Å². The molecule has 1 nitrogen and oxygen atoms in total. The van der Waals surface area contributed by atoms with Crippen LogP contribution in [-0.2, 0) is 0 Å². The SMILES string of the molecule is CNB(c1ccccc1)c1ccccc1. The second-order valence-corrected chi connectivity index (χ2v) is 3.54. The topological polar surface area (TPSA) is 12.0 Å². The Hall–Kier alpha value is -1.54. The number of benzene rings is 2. The summed E-state index contributed by atoms with van der Waals surface area (Å²) in [6.07, 6.45) is 0. The van der Waals surface area contributed by atoms with Crippen molar-refractivity contribution in [2.45, 2.75) is 0 Å². The highest BCUT2D eigenvalue weighted by Gasteiger charge is 2.15. The molecule has 0 atom stereocenters. The van der Waals surface area contributed by atoms with Gasteiger partial charge in [-0.2, -0.15) is 0 Å². The molecule has 0 saturated heterocycles. The Kier molecular flexibility index (Phi) is 3.20. The Morgan fingerprint density at radius 2 is 1.13 bits per heavy atom. The van der Waals surface area contributed by atoms with E-state index < -0.39 is 0 Å². The number of hydrogen-bond donors (Lipinski definition) is 1. The minimum absolute atomic E-state index is 0.285. The second kappa shape index (κ2) is 4.81. The molecule has 2 heteroatoms. The summed E-state index contributed by atoms with van der Waals surface area (Å²) in [4.78, 5) is 0. The smallest absolute Gasteiger partial charge is 0.289 e. The van der Waals surface area contributed by atoms with Gasteiger partial charge in [0.05, 0.1) is 0 Å². The van der Waals surface area contributed by atoms with Gasteiger partial charge in [-0.15, -0.1) is 0 Å². The molecule has 0 radical (unpaired) electrons. The maximum absolute atomic E-state index is 3.33. The Bertz CT molecular complexity index is 360. The normalized spacial score (nSPS) is 9.93. The zero-order valence-electron chi connectivity index (χ0n) is 8.85. The van der Waals surface area contributed by atoms with Gasteiger partial charge in [0.15, 0.2) is 0 Å². The molecule has 0 aliphatic carbocycles. The lowest BCUT2D eigenvalue weighted by molar-refractivity contribution is 1.23. The Morgan fingerprint density at radius 3 is 1.47 bits per heavy atom. The van der Waals surface area contributed by atoms with Gasteiger partial charge < -0.3 is 5.23 Å².